The third kappa shape index (κ3) is 4.49. The van der Waals surface area contributed by atoms with E-state index in [1.54, 1.807) is 0 Å². The highest BCUT2D eigenvalue weighted by Gasteiger charge is 2.04. The lowest BCUT2D eigenvalue weighted by atomic mass is 10.2. The molecule has 2 heteroatoms. The van der Waals surface area contributed by atoms with Crippen LogP contribution in [0.25, 0.3) is 0 Å². The van der Waals surface area contributed by atoms with E-state index in [2.05, 4.69) is 59.3 Å². The number of hydrogen-bond donors (Lipinski definition) is 0. The zero-order chi connectivity index (χ0) is 13.5. The summed E-state index contributed by atoms with van der Waals surface area (Å²) in [6.45, 7) is 7.41. The van der Waals surface area contributed by atoms with Crippen molar-refractivity contribution in [1.29, 1.82) is 0 Å². The van der Waals surface area contributed by atoms with E-state index in [-0.39, 0.29) is 0 Å². The van der Waals surface area contributed by atoms with Crippen LogP contribution in [-0.2, 0) is 13.0 Å². The zero-order valence-electron chi connectivity index (χ0n) is 11.8. The van der Waals surface area contributed by atoms with Gasteiger partial charge in [0.15, 0.2) is 0 Å². The Hall–Kier alpha value is -1.67. The zero-order valence-corrected chi connectivity index (χ0v) is 11.8. The van der Waals surface area contributed by atoms with Gasteiger partial charge in [-0.05, 0) is 31.2 Å². The molecule has 0 aliphatic carbocycles. The first-order valence-corrected chi connectivity index (χ1v) is 6.96. The average Bonchev–Trinajstić information content (AvgIpc) is 2.44. The molecule has 0 saturated heterocycles. The molecular weight excluding hydrogens is 232 g/mol. The summed E-state index contributed by atoms with van der Waals surface area (Å²) in [6, 6.07) is 16.9. The molecule has 2 rings (SSSR count). The summed E-state index contributed by atoms with van der Waals surface area (Å²) in [4.78, 5) is 7.02. The highest BCUT2D eigenvalue weighted by atomic mass is 15.1. The summed E-state index contributed by atoms with van der Waals surface area (Å²) in [5, 5.41) is 0. The Balaban J connectivity index is 1.89. The number of likely N-dealkylation sites (N-methyl/N-ethyl adjacent to an activating group) is 1. The van der Waals surface area contributed by atoms with Crippen molar-refractivity contribution in [2.45, 2.75) is 26.8 Å². The Morgan fingerprint density at radius 3 is 2.47 bits per heavy atom. The fraction of sp³-hybridized carbons (Fsp3) is 0.353. The van der Waals surface area contributed by atoms with E-state index >= 15 is 0 Å². The van der Waals surface area contributed by atoms with Crippen molar-refractivity contribution in [3.63, 3.8) is 0 Å². The van der Waals surface area contributed by atoms with Gasteiger partial charge in [-0.15, -0.1) is 0 Å². The molecule has 100 valence electrons. The minimum absolute atomic E-state index is 1.02. The van der Waals surface area contributed by atoms with Gasteiger partial charge in [-0.1, -0.05) is 43.3 Å². The second-order valence-electron chi connectivity index (χ2n) is 4.87. The third-order valence-electron chi connectivity index (χ3n) is 3.33. The Kier molecular flexibility index (Phi) is 5.10. The number of benzene rings is 1. The van der Waals surface area contributed by atoms with Crippen LogP contribution in [-0.4, -0.2) is 23.0 Å². The second kappa shape index (κ2) is 7.05. The van der Waals surface area contributed by atoms with Gasteiger partial charge < -0.3 is 0 Å². The topological polar surface area (TPSA) is 16.1 Å². The Labute approximate surface area is 116 Å². The van der Waals surface area contributed by atoms with Gasteiger partial charge in [0.05, 0.1) is 0 Å². The molecule has 19 heavy (non-hydrogen) atoms. The molecule has 0 aliphatic rings. The maximum atomic E-state index is 4.56. The van der Waals surface area contributed by atoms with Gasteiger partial charge in [-0.2, -0.15) is 0 Å². The normalized spacial score (nSPS) is 10.9. The lowest BCUT2D eigenvalue weighted by Crippen LogP contribution is -2.25. The molecule has 0 N–H and O–H groups in total. The van der Waals surface area contributed by atoms with Crippen LogP contribution in [0, 0.1) is 6.92 Å². The molecule has 0 atom stereocenters. The van der Waals surface area contributed by atoms with Crippen LogP contribution in [0.5, 0.6) is 0 Å². The Morgan fingerprint density at radius 1 is 1.00 bits per heavy atom. The fourth-order valence-corrected chi connectivity index (χ4v) is 2.20. The van der Waals surface area contributed by atoms with Gasteiger partial charge in [0.1, 0.15) is 0 Å². The molecule has 1 aromatic carbocycles. The van der Waals surface area contributed by atoms with Gasteiger partial charge in [0.2, 0.25) is 0 Å². The number of aryl methyl sites for hydroxylation is 1. The number of rotatable bonds is 6. The van der Waals surface area contributed by atoms with E-state index in [0.717, 1.165) is 31.7 Å². The van der Waals surface area contributed by atoms with E-state index in [1.165, 1.54) is 11.3 Å². The SMILES string of the molecule is CCN(CCc1cccc(C)n1)Cc1ccccc1. The summed E-state index contributed by atoms with van der Waals surface area (Å²) in [6.07, 6.45) is 1.02. The van der Waals surface area contributed by atoms with Gasteiger partial charge in [0.25, 0.3) is 0 Å². The van der Waals surface area contributed by atoms with E-state index in [1.807, 2.05) is 13.0 Å². The molecule has 0 fully saturated rings. The molecule has 0 aliphatic heterocycles. The molecule has 0 saturated carbocycles. The van der Waals surface area contributed by atoms with E-state index in [9.17, 15) is 0 Å². The average molecular weight is 254 g/mol. The van der Waals surface area contributed by atoms with E-state index < -0.39 is 0 Å². The first-order valence-electron chi connectivity index (χ1n) is 6.96. The standard InChI is InChI=1S/C17H22N2/c1-3-19(14-16-9-5-4-6-10-16)13-12-17-11-7-8-15(2)18-17/h4-11H,3,12-14H2,1-2H3. The highest BCUT2D eigenvalue weighted by Crippen LogP contribution is 2.06. The quantitative estimate of drug-likeness (QED) is 0.785. The molecule has 0 unspecified atom stereocenters. The number of hydrogen-bond acceptors (Lipinski definition) is 2. The summed E-state index contributed by atoms with van der Waals surface area (Å²) in [5.41, 5.74) is 3.66. The summed E-state index contributed by atoms with van der Waals surface area (Å²) < 4.78 is 0. The summed E-state index contributed by atoms with van der Waals surface area (Å²) >= 11 is 0. The second-order valence-corrected chi connectivity index (χ2v) is 4.87. The van der Waals surface area contributed by atoms with Crippen LogP contribution in [0.2, 0.25) is 0 Å². The molecule has 0 radical (unpaired) electrons. The Bertz CT molecular complexity index is 494. The van der Waals surface area contributed by atoms with Crippen molar-refractivity contribution in [3.05, 3.63) is 65.5 Å². The molecule has 2 nitrogen and oxygen atoms in total. The van der Waals surface area contributed by atoms with Crippen molar-refractivity contribution in [3.8, 4) is 0 Å². The molecule has 1 heterocycles. The summed E-state index contributed by atoms with van der Waals surface area (Å²) in [5.74, 6) is 0. The maximum absolute atomic E-state index is 4.56. The first kappa shape index (κ1) is 13.8. The predicted octanol–water partition coefficient (Wildman–Crippen LogP) is 3.45. The monoisotopic (exact) mass is 254 g/mol. The van der Waals surface area contributed by atoms with Crippen LogP contribution in [0.15, 0.2) is 48.5 Å². The van der Waals surface area contributed by atoms with Crippen LogP contribution in [0.4, 0.5) is 0 Å². The fourth-order valence-electron chi connectivity index (χ4n) is 2.20. The van der Waals surface area contributed by atoms with Crippen molar-refractivity contribution >= 4 is 0 Å². The molecular formula is C17H22N2. The van der Waals surface area contributed by atoms with Gasteiger partial charge in [0, 0.05) is 30.9 Å². The maximum Gasteiger partial charge on any atom is 0.0419 e. The lowest BCUT2D eigenvalue weighted by molar-refractivity contribution is 0.282. The van der Waals surface area contributed by atoms with Crippen molar-refractivity contribution in [2.24, 2.45) is 0 Å². The predicted molar refractivity (Wildman–Crippen MR) is 80.1 cm³/mol. The van der Waals surface area contributed by atoms with Crippen LogP contribution >= 0.6 is 0 Å². The van der Waals surface area contributed by atoms with Gasteiger partial charge in [-0.3, -0.25) is 9.88 Å². The van der Waals surface area contributed by atoms with Gasteiger partial charge in [-0.25, -0.2) is 0 Å². The minimum atomic E-state index is 1.02. The third-order valence-corrected chi connectivity index (χ3v) is 3.33. The molecule has 2 aromatic rings. The molecule has 0 bridgehead atoms. The van der Waals surface area contributed by atoms with E-state index in [4.69, 9.17) is 0 Å². The van der Waals surface area contributed by atoms with Crippen molar-refractivity contribution in [2.75, 3.05) is 13.1 Å². The largest absolute Gasteiger partial charge is 0.299 e. The van der Waals surface area contributed by atoms with Crippen LogP contribution in [0.1, 0.15) is 23.9 Å². The van der Waals surface area contributed by atoms with Crippen LogP contribution < -0.4 is 0 Å². The molecule has 0 amide bonds. The van der Waals surface area contributed by atoms with Crippen molar-refractivity contribution < 1.29 is 0 Å². The molecule has 1 aromatic heterocycles. The summed E-state index contributed by atoms with van der Waals surface area (Å²) in [7, 11) is 0. The lowest BCUT2D eigenvalue weighted by Gasteiger charge is -2.20. The highest BCUT2D eigenvalue weighted by molar-refractivity contribution is 5.14. The minimum Gasteiger partial charge on any atom is -0.299 e. The number of pyridine rings is 1. The van der Waals surface area contributed by atoms with Crippen LogP contribution in [0.3, 0.4) is 0 Å². The first-order chi connectivity index (χ1) is 9.28. The van der Waals surface area contributed by atoms with E-state index in [0.29, 0.717) is 0 Å². The number of aromatic nitrogens is 1. The smallest absolute Gasteiger partial charge is 0.0419 e. The number of nitrogens with zero attached hydrogens (tertiary/aromatic N) is 2. The van der Waals surface area contributed by atoms with Gasteiger partial charge >= 0.3 is 0 Å². The van der Waals surface area contributed by atoms with Crippen molar-refractivity contribution in [1.82, 2.24) is 9.88 Å². The molecule has 0 spiro atoms. The Morgan fingerprint density at radius 2 is 1.79 bits per heavy atom.